The fraction of sp³-hybridized carbons (Fsp3) is 0.333. The van der Waals surface area contributed by atoms with Crippen molar-refractivity contribution in [3.05, 3.63) is 54.2 Å². The lowest BCUT2D eigenvalue weighted by molar-refractivity contribution is 0.0878. The van der Waals surface area contributed by atoms with Crippen LogP contribution >= 0.6 is 0 Å². The molecular weight excluding hydrogens is 256 g/mol. The van der Waals surface area contributed by atoms with Crippen LogP contribution in [-0.4, -0.2) is 22.5 Å². The Morgan fingerprint density at radius 2 is 2.25 bits per heavy atom. The highest BCUT2D eigenvalue weighted by atomic mass is 16.6. The van der Waals surface area contributed by atoms with Gasteiger partial charge in [0, 0.05) is 6.54 Å². The summed E-state index contributed by atoms with van der Waals surface area (Å²) in [6.07, 6.45) is 4.62. The van der Waals surface area contributed by atoms with E-state index in [0.29, 0.717) is 12.4 Å². The van der Waals surface area contributed by atoms with Gasteiger partial charge in [-0.15, -0.1) is 0 Å². The van der Waals surface area contributed by atoms with E-state index in [4.69, 9.17) is 9.15 Å². The molecule has 0 saturated carbocycles. The third-order valence-electron chi connectivity index (χ3n) is 3.43. The summed E-state index contributed by atoms with van der Waals surface area (Å²) in [7, 11) is 0. The van der Waals surface area contributed by atoms with Crippen LogP contribution in [0.1, 0.15) is 30.3 Å². The van der Waals surface area contributed by atoms with Crippen LogP contribution in [0, 0.1) is 0 Å². The molecule has 0 radical (unpaired) electrons. The van der Waals surface area contributed by atoms with Crippen molar-refractivity contribution in [2.45, 2.75) is 25.5 Å². The van der Waals surface area contributed by atoms with Crippen molar-refractivity contribution < 1.29 is 13.9 Å². The van der Waals surface area contributed by atoms with E-state index in [2.05, 4.69) is 4.98 Å². The van der Waals surface area contributed by atoms with Crippen LogP contribution in [0.4, 0.5) is 4.79 Å². The Kier molecular flexibility index (Phi) is 3.67. The molecule has 3 rings (SSSR count). The van der Waals surface area contributed by atoms with E-state index in [9.17, 15) is 4.79 Å². The van der Waals surface area contributed by atoms with E-state index in [1.807, 2.05) is 30.3 Å². The molecule has 5 heteroatoms. The van der Waals surface area contributed by atoms with Gasteiger partial charge < -0.3 is 9.15 Å². The SMILES string of the molecule is O=C(OCc1ccccc1)N1CCC[C@H]1c1ncco1. The number of hydrogen-bond acceptors (Lipinski definition) is 4. The van der Waals surface area contributed by atoms with Gasteiger partial charge in [0.25, 0.3) is 0 Å². The summed E-state index contributed by atoms with van der Waals surface area (Å²) in [4.78, 5) is 18.0. The second kappa shape index (κ2) is 5.77. The second-order valence-corrected chi connectivity index (χ2v) is 4.76. The third kappa shape index (κ3) is 2.66. The summed E-state index contributed by atoms with van der Waals surface area (Å²) in [6, 6.07) is 9.55. The molecule has 5 nitrogen and oxygen atoms in total. The lowest BCUT2D eigenvalue weighted by Crippen LogP contribution is -2.31. The first-order valence-corrected chi connectivity index (χ1v) is 6.71. The summed E-state index contributed by atoms with van der Waals surface area (Å²) in [5.41, 5.74) is 0.979. The van der Waals surface area contributed by atoms with Crippen LogP contribution in [0.25, 0.3) is 0 Å². The van der Waals surface area contributed by atoms with Crippen LogP contribution in [0.5, 0.6) is 0 Å². The first-order valence-electron chi connectivity index (χ1n) is 6.71. The zero-order valence-corrected chi connectivity index (χ0v) is 11.1. The molecule has 1 aliphatic rings. The van der Waals surface area contributed by atoms with Gasteiger partial charge in [0.05, 0.1) is 6.20 Å². The Morgan fingerprint density at radius 3 is 3.00 bits per heavy atom. The zero-order valence-electron chi connectivity index (χ0n) is 11.1. The van der Waals surface area contributed by atoms with Crippen LogP contribution in [0.2, 0.25) is 0 Å². The van der Waals surface area contributed by atoms with Crippen LogP contribution < -0.4 is 0 Å². The molecule has 20 heavy (non-hydrogen) atoms. The van der Waals surface area contributed by atoms with Crippen molar-refractivity contribution >= 4 is 6.09 Å². The number of likely N-dealkylation sites (tertiary alicyclic amines) is 1. The molecule has 104 valence electrons. The number of amides is 1. The van der Waals surface area contributed by atoms with Gasteiger partial charge in [0.1, 0.15) is 18.9 Å². The molecule has 1 amide bonds. The molecule has 1 fully saturated rings. The number of oxazole rings is 1. The largest absolute Gasteiger partial charge is 0.447 e. The molecule has 1 aliphatic heterocycles. The van der Waals surface area contributed by atoms with Gasteiger partial charge in [-0.2, -0.15) is 0 Å². The minimum Gasteiger partial charge on any atom is -0.447 e. The van der Waals surface area contributed by atoms with Crippen molar-refractivity contribution in [1.29, 1.82) is 0 Å². The Hall–Kier alpha value is -2.30. The summed E-state index contributed by atoms with van der Waals surface area (Å²) in [6.45, 7) is 0.967. The summed E-state index contributed by atoms with van der Waals surface area (Å²) < 4.78 is 10.7. The third-order valence-corrected chi connectivity index (χ3v) is 3.43. The Morgan fingerprint density at radius 1 is 1.40 bits per heavy atom. The van der Waals surface area contributed by atoms with Gasteiger partial charge in [-0.25, -0.2) is 9.78 Å². The highest BCUT2D eigenvalue weighted by molar-refractivity contribution is 5.68. The number of carbonyl (C=O) groups excluding carboxylic acids is 1. The predicted octanol–water partition coefficient (Wildman–Crippen LogP) is 3.15. The van der Waals surface area contributed by atoms with E-state index in [1.54, 1.807) is 11.1 Å². The molecule has 2 heterocycles. The molecule has 1 saturated heterocycles. The lowest BCUT2D eigenvalue weighted by Gasteiger charge is -2.21. The molecule has 0 unspecified atom stereocenters. The molecule has 0 bridgehead atoms. The van der Waals surface area contributed by atoms with Gasteiger partial charge >= 0.3 is 6.09 Å². The van der Waals surface area contributed by atoms with E-state index < -0.39 is 0 Å². The van der Waals surface area contributed by atoms with Crippen molar-refractivity contribution in [2.24, 2.45) is 0 Å². The number of benzene rings is 1. The molecule has 0 spiro atoms. The maximum Gasteiger partial charge on any atom is 0.410 e. The standard InChI is InChI=1S/C15H16N2O3/c18-15(20-11-12-5-2-1-3-6-12)17-9-4-7-13(17)14-16-8-10-19-14/h1-3,5-6,8,10,13H,4,7,9,11H2/t13-/m0/s1. The lowest BCUT2D eigenvalue weighted by atomic mass is 10.2. The number of carbonyl (C=O) groups is 1. The zero-order chi connectivity index (χ0) is 13.8. The highest BCUT2D eigenvalue weighted by Crippen LogP contribution is 2.31. The quantitative estimate of drug-likeness (QED) is 0.861. The number of ether oxygens (including phenoxy) is 1. The number of hydrogen-bond donors (Lipinski definition) is 0. The topological polar surface area (TPSA) is 55.6 Å². The molecule has 0 N–H and O–H groups in total. The number of nitrogens with zero attached hydrogens (tertiary/aromatic N) is 2. The van der Waals surface area contributed by atoms with Crippen molar-refractivity contribution in [2.75, 3.05) is 6.54 Å². The van der Waals surface area contributed by atoms with Gasteiger partial charge in [0.15, 0.2) is 0 Å². The Bertz CT molecular complexity index is 554. The van der Waals surface area contributed by atoms with Gasteiger partial charge in [-0.1, -0.05) is 30.3 Å². The molecule has 2 aromatic rings. The van der Waals surface area contributed by atoms with Crippen LogP contribution in [0.3, 0.4) is 0 Å². The van der Waals surface area contributed by atoms with E-state index in [0.717, 1.165) is 18.4 Å². The van der Waals surface area contributed by atoms with E-state index >= 15 is 0 Å². The monoisotopic (exact) mass is 272 g/mol. The molecule has 0 aliphatic carbocycles. The van der Waals surface area contributed by atoms with E-state index in [1.165, 1.54) is 6.26 Å². The van der Waals surface area contributed by atoms with Crippen LogP contribution in [-0.2, 0) is 11.3 Å². The first kappa shape index (κ1) is 12.7. The smallest absolute Gasteiger partial charge is 0.410 e. The average molecular weight is 272 g/mol. The van der Waals surface area contributed by atoms with Crippen LogP contribution in [0.15, 0.2) is 47.2 Å². The fourth-order valence-electron chi connectivity index (χ4n) is 2.44. The summed E-state index contributed by atoms with van der Waals surface area (Å²) in [5.74, 6) is 0.583. The molecular formula is C15H16N2O3. The van der Waals surface area contributed by atoms with Gasteiger partial charge in [0.2, 0.25) is 5.89 Å². The maximum atomic E-state index is 12.2. The number of aromatic nitrogens is 1. The summed E-state index contributed by atoms with van der Waals surface area (Å²) >= 11 is 0. The predicted molar refractivity (Wildman–Crippen MR) is 71.8 cm³/mol. The fourth-order valence-corrected chi connectivity index (χ4v) is 2.44. The molecule has 1 atom stereocenters. The minimum atomic E-state index is -0.311. The Labute approximate surface area is 117 Å². The first-order chi connectivity index (χ1) is 9.84. The Balaban J connectivity index is 1.62. The van der Waals surface area contributed by atoms with Crippen molar-refractivity contribution in [1.82, 2.24) is 9.88 Å². The highest BCUT2D eigenvalue weighted by Gasteiger charge is 2.33. The maximum absolute atomic E-state index is 12.2. The second-order valence-electron chi connectivity index (χ2n) is 4.76. The minimum absolute atomic E-state index is 0.103. The number of rotatable bonds is 3. The normalized spacial score (nSPS) is 18.2. The average Bonchev–Trinajstić information content (AvgIpc) is 3.15. The molecule has 1 aromatic heterocycles. The van der Waals surface area contributed by atoms with Gasteiger partial charge in [-0.3, -0.25) is 4.90 Å². The van der Waals surface area contributed by atoms with E-state index in [-0.39, 0.29) is 18.7 Å². The molecule has 1 aromatic carbocycles. The van der Waals surface area contributed by atoms with Gasteiger partial charge in [-0.05, 0) is 18.4 Å². The van der Waals surface area contributed by atoms with Crippen molar-refractivity contribution in [3.63, 3.8) is 0 Å². The van der Waals surface area contributed by atoms with Crippen molar-refractivity contribution in [3.8, 4) is 0 Å². The summed E-state index contributed by atoms with van der Waals surface area (Å²) in [5, 5.41) is 0.